The maximum Gasteiger partial charge on any atom is 0.416 e. The van der Waals surface area contributed by atoms with Crippen LogP contribution in [0.1, 0.15) is 37.8 Å². The van der Waals surface area contributed by atoms with Gasteiger partial charge in [-0.2, -0.15) is 17.9 Å². The smallest absolute Gasteiger partial charge is 0.371 e. The summed E-state index contributed by atoms with van der Waals surface area (Å²) in [5.74, 6) is 0.641. The van der Waals surface area contributed by atoms with Crippen LogP contribution in [-0.4, -0.2) is 70.1 Å². The second-order valence-corrected chi connectivity index (χ2v) is 10.4. The summed E-state index contributed by atoms with van der Waals surface area (Å²) in [5, 5.41) is 4.70. The molecule has 0 spiro atoms. The highest BCUT2D eigenvalue weighted by Crippen LogP contribution is 2.35. The van der Waals surface area contributed by atoms with E-state index in [4.69, 9.17) is 0 Å². The molecule has 1 aromatic carbocycles. The lowest BCUT2D eigenvalue weighted by atomic mass is 10.1. The fourth-order valence-electron chi connectivity index (χ4n) is 4.27. The van der Waals surface area contributed by atoms with E-state index in [9.17, 15) is 18.0 Å². The van der Waals surface area contributed by atoms with Crippen molar-refractivity contribution in [2.75, 3.05) is 48.9 Å². The Balaban J connectivity index is 1.37. The summed E-state index contributed by atoms with van der Waals surface area (Å²) in [6.45, 7) is 8.66. The van der Waals surface area contributed by atoms with Crippen LogP contribution in [0.15, 0.2) is 30.5 Å². The second kappa shape index (κ2) is 10.5. The molecular weight excluding hydrogens is 465 g/mol. The third-order valence-electron chi connectivity index (χ3n) is 6.08. The fraction of sp³-hybridized carbons (Fsp3) is 0.565. The average Bonchev–Trinajstić information content (AvgIpc) is 3.50. The van der Waals surface area contributed by atoms with Gasteiger partial charge < -0.3 is 14.5 Å². The van der Waals surface area contributed by atoms with E-state index in [0.717, 1.165) is 31.5 Å². The third kappa shape index (κ3) is 5.99. The number of carbonyl (C=O) groups is 1. The monoisotopic (exact) mass is 496 g/mol. The van der Waals surface area contributed by atoms with Crippen molar-refractivity contribution in [1.29, 1.82) is 0 Å². The molecule has 34 heavy (non-hydrogen) atoms. The Morgan fingerprint density at radius 1 is 1.09 bits per heavy atom. The van der Waals surface area contributed by atoms with Gasteiger partial charge in [0.1, 0.15) is 0 Å². The van der Waals surface area contributed by atoms with Crippen LogP contribution in [0.3, 0.4) is 0 Å². The van der Waals surface area contributed by atoms with Crippen LogP contribution < -0.4 is 9.62 Å². The number of anilines is 2. The lowest BCUT2D eigenvalue weighted by Crippen LogP contribution is -2.49. The van der Waals surface area contributed by atoms with E-state index in [-0.39, 0.29) is 6.03 Å². The molecule has 4 rings (SSSR count). The summed E-state index contributed by atoms with van der Waals surface area (Å²) in [6, 6.07) is 5.68. The van der Waals surface area contributed by atoms with Crippen LogP contribution in [-0.2, 0) is 12.7 Å². The van der Waals surface area contributed by atoms with Crippen LogP contribution in [0.2, 0.25) is 0 Å². The second-order valence-electron chi connectivity index (χ2n) is 9.00. The van der Waals surface area contributed by atoms with Crippen LogP contribution in [0.25, 0.3) is 0 Å². The van der Waals surface area contributed by atoms with Gasteiger partial charge in [0.2, 0.25) is 0 Å². The number of benzene rings is 1. The Hall–Kier alpha value is -2.40. The third-order valence-corrected chi connectivity index (χ3v) is 6.88. The van der Waals surface area contributed by atoms with Crippen LogP contribution in [0, 0.1) is 0 Å². The molecule has 0 atom stereocenters. The predicted molar refractivity (Wildman–Crippen MR) is 129 cm³/mol. The quantitative estimate of drug-likeness (QED) is 0.583. The van der Waals surface area contributed by atoms with E-state index in [1.54, 1.807) is 23.2 Å². The average molecular weight is 497 g/mol. The summed E-state index contributed by atoms with van der Waals surface area (Å²) >= 11 is 1.54. The number of carbonyl (C=O) groups excluding carboxylic acids is 1. The number of amides is 1. The van der Waals surface area contributed by atoms with Crippen molar-refractivity contribution >= 4 is 29.5 Å². The molecule has 0 bridgehead atoms. The summed E-state index contributed by atoms with van der Waals surface area (Å²) in [7, 11) is 0. The number of hydrogen-bond donors (Lipinski definition) is 1. The van der Waals surface area contributed by atoms with Crippen molar-refractivity contribution in [1.82, 2.24) is 19.6 Å². The summed E-state index contributed by atoms with van der Waals surface area (Å²) in [5.41, 5.74) is 0.982. The number of hydrogen-bond acceptors (Lipinski definition) is 6. The highest BCUT2D eigenvalue weighted by atomic mass is 32.2. The minimum atomic E-state index is -4.35. The van der Waals surface area contributed by atoms with E-state index in [1.807, 2.05) is 0 Å². The van der Waals surface area contributed by atoms with E-state index < -0.39 is 11.7 Å². The maximum atomic E-state index is 13.3. The standard InChI is InChI=1S/C23H31F3N6OS/c1-17(2)34-28-21-7-10-32(27-21)22(33)31-13-11-29(12-14-31)16-18-5-6-19(23(24,25)26)15-20(18)30-8-3-4-9-30/h5-7,10,15,17H,3-4,8-9,11-14,16H2,1-2H3,(H,27,28). The number of rotatable bonds is 6. The highest BCUT2D eigenvalue weighted by Gasteiger charge is 2.32. The highest BCUT2D eigenvalue weighted by molar-refractivity contribution is 8.01. The van der Waals surface area contributed by atoms with Gasteiger partial charge in [0, 0.05) is 69.0 Å². The lowest BCUT2D eigenvalue weighted by Gasteiger charge is -2.35. The minimum absolute atomic E-state index is 0.172. The molecular formula is C23H31F3N6OS. The number of halogens is 3. The fourth-order valence-corrected chi connectivity index (χ4v) is 4.74. The Kier molecular flexibility index (Phi) is 7.61. The largest absolute Gasteiger partial charge is 0.416 e. The van der Waals surface area contributed by atoms with Gasteiger partial charge in [-0.3, -0.25) is 4.90 Å². The van der Waals surface area contributed by atoms with E-state index >= 15 is 0 Å². The van der Waals surface area contributed by atoms with Crippen LogP contribution >= 0.6 is 11.9 Å². The Morgan fingerprint density at radius 2 is 1.79 bits per heavy atom. The number of nitrogens with zero attached hydrogens (tertiary/aromatic N) is 5. The van der Waals surface area contributed by atoms with E-state index in [2.05, 4.69) is 33.5 Å². The first-order chi connectivity index (χ1) is 16.2. The zero-order valence-corrected chi connectivity index (χ0v) is 20.3. The van der Waals surface area contributed by atoms with Crippen LogP contribution in [0.5, 0.6) is 0 Å². The minimum Gasteiger partial charge on any atom is -0.371 e. The van der Waals surface area contributed by atoms with E-state index in [0.29, 0.717) is 49.5 Å². The molecule has 0 aliphatic carbocycles. The first-order valence-electron chi connectivity index (χ1n) is 11.6. The molecule has 2 aliphatic rings. The molecule has 2 aromatic rings. The SMILES string of the molecule is CC(C)SNc1ccn(C(=O)N2CCN(Cc3ccc(C(F)(F)F)cc3N3CCCC3)CC2)n1. The van der Waals surface area contributed by atoms with Gasteiger partial charge in [0.15, 0.2) is 5.82 Å². The molecule has 0 radical (unpaired) electrons. The Labute approximate surface area is 202 Å². The molecule has 1 N–H and O–H groups in total. The molecule has 2 saturated heterocycles. The molecule has 0 unspecified atom stereocenters. The van der Waals surface area contributed by atoms with Crippen molar-refractivity contribution in [2.45, 2.75) is 44.7 Å². The molecule has 7 nitrogen and oxygen atoms in total. The van der Waals surface area contributed by atoms with Crippen molar-refractivity contribution in [3.8, 4) is 0 Å². The van der Waals surface area contributed by atoms with Gasteiger partial charge in [0.05, 0.1) is 5.56 Å². The topological polar surface area (TPSA) is 56.6 Å². The predicted octanol–water partition coefficient (Wildman–Crippen LogP) is 4.76. The molecule has 2 aliphatic heterocycles. The molecule has 11 heteroatoms. The normalized spacial score (nSPS) is 17.6. The van der Waals surface area contributed by atoms with Gasteiger partial charge in [-0.15, -0.1) is 5.10 Å². The molecule has 1 aromatic heterocycles. The van der Waals surface area contributed by atoms with Crippen molar-refractivity contribution < 1.29 is 18.0 Å². The van der Waals surface area contributed by atoms with E-state index in [1.165, 1.54) is 28.8 Å². The van der Waals surface area contributed by atoms with Gasteiger partial charge in [-0.1, -0.05) is 19.9 Å². The summed E-state index contributed by atoms with van der Waals surface area (Å²) in [6.07, 6.45) is -0.703. The number of aromatic nitrogens is 2. The maximum absolute atomic E-state index is 13.3. The molecule has 186 valence electrons. The van der Waals surface area contributed by atoms with Gasteiger partial charge >= 0.3 is 12.2 Å². The first-order valence-corrected chi connectivity index (χ1v) is 12.5. The number of alkyl halides is 3. The van der Waals surface area contributed by atoms with Crippen molar-refractivity contribution in [3.63, 3.8) is 0 Å². The van der Waals surface area contributed by atoms with Gasteiger partial charge in [0.25, 0.3) is 0 Å². The Morgan fingerprint density at radius 3 is 2.44 bits per heavy atom. The number of piperazine rings is 1. The molecule has 3 heterocycles. The molecule has 1 amide bonds. The lowest BCUT2D eigenvalue weighted by molar-refractivity contribution is -0.137. The number of nitrogens with one attached hydrogen (secondary N) is 1. The van der Waals surface area contributed by atoms with Gasteiger partial charge in [-0.05, 0) is 42.5 Å². The first kappa shape index (κ1) is 24.7. The Bertz CT molecular complexity index is 981. The van der Waals surface area contributed by atoms with Crippen LogP contribution in [0.4, 0.5) is 29.5 Å². The van der Waals surface area contributed by atoms with Gasteiger partial charge in [-0.25, -0.2) is 4.79 Å². The van der Waals surface area contributed by atoms with Crippen molar-refractivity contribution in [3.05, 3.63) is 41.6 Å². The molecule has 0 saturated carbocycles. The zero-order chi connectivity index (χ0) is 24.3. The molecule has 2 fully saturated rings. The summed E-state index contributed by atoms with van der Waals surface area (Å²) < 4.78 is 44.4. The summed E-state index contributed by atoms with van der Waals surface area (Å²) in [4.78, 5) is 18.9. The zero-order valence-electron chi connectivity index (χ0n) is 19.5. The van der Waals surface area contributed by atoms with Crippen molar-refractivity contribution in [2.24, 2.45) is 0 Å².